The molecule has 31 nitrogen and oxygen atoms in total. The smallest absolute Gasteiger partial charge is 0.343 e. The Bertz CT molecular complexity index is 3740. The van der Waals surface area contributed by atoms with Gasteiger partial charge in [-0.05, 0) is 73.4 Å². The first-order valence-corrected chi connectivity index (χ1v) is 31.4. The first-order chi connectivity index (χ1) is 45.5. The Morgan fingerprint density at radius 2 is 1.44 bits per heavy atom. The maximum Gasteiger partial charge on any atom is 0.343 e. The molecule has 2 aromatic heterocycles. The molecule has 9 rings (SSSR count). The van der Waals surface area contributed by atoms with Gasteiger partial charge >= 0.3 is 5.97 Å². The molecule has 0 unspecified atom stereocenters. The summed E-state index contributed by atoms with van der Waals surface area (Å²) in [6.07, 6.45) is -3.95. The van der Waals surface area contributed by atoms with Crippen molar-refractivity contribution in [2.75, 3.05) is 52.7 Å². The Hall–Kier alpha value is -9.08. The Labute approximate surface area is 547 Å². The van der Waals surface area contributed by atoms with Gasteiger partial charge in [-0.3, -0.25) is 57.6 Å². The second-order valence-corrected chi connectivity index (χ2v) is 23.9. The normalized spacial score (nSPS) is 21.3. The van der Waals surface area contributed by atoms with E-state index in [9.17, 15) is 83.1 Å². The van der Waals surface area contributed by atoms with Gasteiger partial charge in [0.1, 0.15) is 62.5 Å². The molecule has 95 heavy (non-hydrogen) atoms. The number of hydrogen-bond donors (Lipinski definition) is 13. The van der Waals surface area contributed by atoms with Crippen molar-refractivity contribution in [3.8, 4) is 11.4 Å². The van der Waals surface area contributed by atoms with E-state index in [-0.39, 0.29) is 69.5 Å². The predicted molar refractivity (Wildman–Crippen MR) is 331 cm³/mol. The van der Waals surface area contributed by atoms with Gasteiger partial charge in [-0.25, -0.2) is 9.78 Å². The third-order valence-electron chi connectivity index (χ3n) is 17.1. The van der Waals surface area contributed by atoms with Crippen LogP contribution in [0.1, 0.15) is 97.7 Å². The van der Waals surface area contributed by atoms with E-state index in [1.807, 2.05) is 6.07 Å². The molecule has 32 heteroatoms. The number of fused-ring (bicyclic) bond motifs is 5. The molecule has 0 spiro atoms. The number of hydrogen-bond acceptors (Lipinski definition) is 21. The van der Waals surface area contributed by atoms with Crippen LogP contribution in [0.15, 0.2) is 65.5 Å². The fraction of sp³-hybridized carbons (Fsp3) is 0.476. The van der Waals surface area contributed by atoms with Crippen LogP contribution in [0.3, 0.4) is 0 Å². The molecule has 508 valence electrons. The minimum atomic E-state index is -2.04. The molecule has 2 aromatic carbocycles. The zero-order valence-corrected chi connectivity index (χ0v) is 52.4. The van der Waals surface area contributed by atoms with Crippen molar-refractivity contribution in [3.63, 3.8) is 0 Å². The van der Waals surface area contributed by atoms with E-state index >= 15 is 0 Å². The van der Waals surface area contributed by atoms with Crippen LogP contribution in [-0.2, 0) is 98.5 Å². The average molecular weight is 1340 g/mol. The molecule has 10 amide bonds. The van der Waals surface area contributed by atoms with E-state index < -0.39 is 171 Å². The lowest BCUT2D eigenvalue weighted by molar-refractivity contribution is -0.227. The van der Waals surface area contributed by atoms with Crippen molar-refractivity contribution in [2.45, 2.75) is 139 Å². The summed E-state index contributed by atoms with van der Waals surface area (Å²) in [7, 11) is 0. The highest BCUT2D eigenvalue weighted by Crippen LogP contribution is 2.45. The van der Waals surface area contributed by atoms with Gasteiger partial charge in [-0.1, -0.05) is 55.3 Å². The topological polar surface area (TPSA) is 451 Å². The number of carbonyl (C=O) groups excluding carboxylic acids is 11. The van der Waals surface area contributed by atoms with E-state index in [1.165, 1.54) is 4.57 Å². The van der Waals surface area contributed by atoms with Crippen molar-refractivity contribution in [1.29, 1.82) is 0 Å². The number of aromatic nitrogens is 2. The summed E-state index contributed by atoms with van der Waals surface area (Å²) in [5.74, 6) is -7.73. The number of unbranched alkanes of at least 4 members (excludes halogenated alkanes) is 2. The number of ether oxygens (including phenoxy) is 3. The molecular weight excluding hydrogens is 1270 g/mol. The van der Waals surface area contributed by atoms with Gasteiger partial charge in [0.05, 0.1) is 61.3 Å². The van der Waals surface area contributed by atoms with Crippen LogP contribution in [-0.4, -0.2) is 200 Å². The molecule has 13 N–H and O–H groups in total. The molecule has 0 saturated carbocycles. The fourth-order valence-corrected chi connectivity index (χ4v) is 12.2. The monoisotopic (exact) mass is 1340 g/mol. The number of amides is 10. The van der Waals surface area contributed by atoms with Crippen LogP contribution < -0.4 is 48.1 Å². The minimum absolute atomic E-state index is 0.0418. The predicted octanol–water partition coefficient (Wildman–Crippen LogP) is -3.29. The molecule has 0 bridgehead atoms. The Kier molecular flexibility index (Phi) is 23.2. The molecule has 9 atom stereocenters. The molecular formula is C63H74ClN11O20. The second kappa shape index (κ2) is 31.4. The lowest BCUT2D eigenvalue weighted by Crippen LogP contribution is -2.60. The first-order valence-electron chi connectivity index (χ1n) is 31.0. The van der Waals surface area contributed by atoms with Gasteiger partial charge in [0.2, 0.25) is 47.3 Å². The summed E-state index contributed by atoms with van der Waals surface area (Å²) in [5.41, 5.74) is 2.01. The number of carbonyl (C=O) groups is 11. The maximum absolute atomic E-state index is 14.0. The van der Waals surface area contributed by atoms with E-state index in [0.29, 0.717) is 64.3 Å². The highest BCUT2D eigenvalue weighted by atomic mass is 35.5. The Balaban J connectivity index is 0.734. The van der Waals surface area contributed by atoms with E-state index in [4.69, 9.17) is 30.8 Å². The number of cyclic esters (lactones) is 1. The number of nitrogens with zero attached hydrogens (tertiary/aromatic N) is 3. The zero-order chi connectivity index (χ0) is 68.3. The largest absolute Gasteiger partial charge is 0.458 e. The summed E-state index contributed by atoms with van der Waals surface area (Å²) in [5, 5.41) is 72.9. The SMILES string of the molecule is CC[C@@]1(O)C(=O)OCc2c1cc1n(c2=O)Cc2c-1nc1cc(Cl)cc3c1c2[C@@H](NC(=O)COCNC(=O)CNC(=O)[C@H](Cc1ccccc1)NC(=O)CNC(=O)CNC(=O)[C@H](CCC(=O)NC[C@@H]1O[C@H](CO)[C@@H](O)[C@H](O)[C@H]1O)NC(=O)CCCCCN1C(=O)C=CC1=O)CC3. The van der Waals surface area contributed by atoms with E-state index in [2.05, 4.69) is 42.5 Å². The number of rotatable bonds is 30. The number of pyridine rings is 2. The van der Waals surface area contributed by atoms with Gasteiger partial charge in [0, 0.05) is 66.0 Å². The molecule has 1 fully saturated rings. The standard InChI is InChI=1S/C63H74ClN11O20/c1-2-63(92)37-22-42-55-35(27-75(42)61(90)36(37)29-94-62(63)91)54-38(13-12-33-20-34(64)21-40(73-55)53(33)54)70-50(82)30-93-31-69-48(80)25-68-60(89)41(19-32-9-5-3-6-10-32)72-49(81)26-66-47(79)24-67-59(88)39(71-46(78)11-7-4-8-18-74-51(83)16-17-52(74)84)14-15-45(77)65-23-43-56(85)58(87)57(86)44(28-76)95-43/h3,5-6,9-10,16-17,20-22,38-39,41,43-44,56-58,76,85-87,92H,2,4,7-8,11-15,18-19,23-31H2,1H3,(H,65,77)(H,66,79)(H,67,88)(H,68,89)(H,69,80)(H,70,82)(H,71,78)(H,72,81)/t38-,39-,41-,43-,44+,56-,57+,58+,63-/m0/s1. The number of aryl methyl sites for hydroxylation is 1. The number of nitrogens with one attached hydrogen (secondary N) is 8. The van der Waals surface area contributed by atoms with Crippen LogP contribution in [0.2, 0.25) is 5.02 Å². The summed E-state index contributed by atoms with van der Waals surface area (Å²) in [6, 6.07) is 10.4. The highest BCUT2D eigenvalue weighted by molar-refractivity contribution is 6.31. The number of halogens is 1. The zero-order valence-electron chi connectivity index (χ0n) is 51.6. The molecule has 4 aliphatic heterocycles. The summed E-state index contributed by atoms with van der Waals surface area (Å²) < 4.78 is 17.7. The van der Waals surface area contributed by atoms with E-state index in [0.717, 1.165) is 28.0 Å². The maximum atomic E-state index is 14.0. The lowest BCUT2D eigenvalue weighted by atomic mass is 9.83. The van der Waals surface area contributed by atoms with Gasteiger partial charge < -0.3 is 86.8 Å². The Morgan fingerprint density at radius 1 is 0.758 bits per heavy atom. The molecule has 5 aliphatic rings. The molecule has 4 aromatic rings. The number of imide groups is 1. The summed E-state index contributed by atoms with van der Waals surface area (Å²) in [6.45, 7) is -2.52. The number of esters is 1. The third-order valence-corrected chi connectivity index (χ3v) is 17.3. The fourth-order valence-electron chi connectivity index (χ4n) is 12.0. The van der Waals surface area contributed by atoms with E-state index in [1.54, 1.807) is 49.4 Å². The van der Waals surface area contributed by atoms with Crippen molar-refractivity contribution in [3.05, 3.63) is 109 Å². The van der Waals surface area contributed by atoms with Crippen LogP contribution in [0, 0.1) is 0 Å². The quantitative estimate of drug-likeness (QED) is 0.00927. The summed E-state index contributed by atoms with van der Waals surface area (Å²) in [4.78, 5) is 163. The second-order valence-electron chi connectivity index (χ2n) is 23.5. The number of aliphatic hydroxyl groups is 5. The van der Waals surface area contributed by atoms with Crippen LogP contribution in [0.4, 0.5) is 0 Å². The van der Waals surface area contributed by atoms with Crippen LogP contribution >= 0.6 is 11.6 Å². The Morgan fingerprint density at radius 3 is 2.16 bits per heavy atom. The third kappa shape index (κ3) is 16.7. The van der Waals surface area contributed by atoms with Crippen LogP contribution in [0.25, 0.3) is 22.3 Å². The first kappa shape index (κ1) is 70.2. The number of aliphatic hydroxyl groups excluding tert-OH is 4. The van der Waals surface area contributed by atoms with Gasteiger partial charge in [0.15, 0.2) is 5.60 Å². The van der Waals surface area contributed by atoms with Crippen molar-refractivity contribution < 1.29 is 92.5 Å². The van der Waals surface area contributed by atoms with Gasteiger partial charge in [-0.15, -0.1) is 0 Å². The number of benzene rings is 2. The van der Waals surface area contributed by atoms with Crippen molar-refractivity contribution in [1.82, 2.24) is 57.0 Å². The summed E-state index contributed by atoms with van der Waals surface area (Å²) >= 11 is 6.55. The minimum Gasteiger partial charge on any atom is -0.458 e. The highest BCUT2D eigenvalue weighted by Gasteiger charge is 2.47. The molecule has 1 aliphatic carbocycles. The van der Waals surface area contributed by atoms with Crippen LogP contribution in [0.5, 0.6) is 0 Å². The molecule has 6 heterocycles. The molecule has 1 saturated heterocycles. The van der Waals surface area contributed by atoms with Gasteiger partial charge in [-0.2, -0.15) is 0 Å². The van der Waals surface area contributed by atoms with Crippen molar-refractivity contribution in [2.24, 2.45) is 0 Å². The van der Waals surface area contributed by atoms with Gasteiger partial charge in [0.25, 0.3) is 17.4 Å². The lowest BCUT2D eigenvalue weighted by Gasteiger charge is -2.40. The molecule has 0 radical (unpaired) electrons. The average Bonchev–Trinajstić information content (AvgIpc) is 1.62. The van der Waals surface area contributed by atoms with Crippen molar-refractivity contribution >= 4 is 87.5 Å².